The summed E-state index contributed by atoms with van der Waals surface area (Å²) in [7, 11) is -3.83. The molecule has 1 rings (SSSR count). The van der Waals surface area contributed by atoms with E-state index in [0.29, 0.717) is 5.01 Å². The summed E-state index contributed by atoms with van der Waals surface area (Å²) >= 11 is 0.986. The van der Waals surface area contributed by atoms with Crippen LogP contribution in [0.15, 0.2) is 23.1 Å². The van der Waals surface area contributed by atoms with Gasteiger partial charge in [0.15, 0.2) is 4.21 Å². The lowest BCUT2D eigenvalue weighted by Gasteiger charge is -2.11. The van der Waals surface area contributed by atoms with Crippen molar-refractivity contribution < 1.29 is 18.3 Å². The number of thiazole rings is 1. The highest BCUT2D eigenvalue weighted by Crippen LogP contribution is 2.18. The fourth-order valence-corrected chi connectivity index (χ4v) is 3.40. The molecule has 0 fully saturated rings. The van der Waals surface area contributed by atoms with Crippen LogP contribution >= 0.6 is 11.3 Å². The van der Waals surface area contributed by atoms with Crippen molar-refractivity contribution in [2.75, 3.05) is 0 Å². The third-order valence-corrected chi connectivity index (χ3v) is 4.71. The largest absolute Gasteiger partial charge is 0.480 e. The average molecular weight is 276 g/mol. The topological polar surface area (TPSA) is 96.4 Å². The lowest BCUT2D eigenvalue weighted by atomic mass is 10.2. The highest BCUT2D eigenvalue weighted by Gasteiger charge is 2.25. The summed E-state index contributed by atoms with van der Waals surface area (Å²) in [5, 5.41) is 9.43. The number of nitrogens with zero attached hydrogens (tertiary/aromatic N) is 1. The van der Waals surface area contributed by atoms with Crippen molar-refractivity contribution >= 4 is 27.3 Å². The van der Waals surface area contributed by atoms with Crippen molar-refractivity contribution in [3.8, 4) is 0 Å². The number of sulfonamides is 1. The Balaban J connectivity index is 2.92. The third-order valence-electron chi connectivity index (χ3n) is 1.86. The van der Waals surface area contributed by atoms with Gasteiger partial charge in [-0.25, -0.2) is 13.4 Å². The van der Waals surface area contributed by atoms with Crippen LogP contribution in [-0.4, -0.2) is 30.5 Å². The van der Waals surface area contributed by atoms with Gasteiger partial charge in [-0.3, -0.25) is 4.79 Å². The fraction of sp³-hybridized carbons (Fsp3) is 0.333. The Hall–Kier alpha value is -1.25. The molecule has 0 saturated heterocycles. The number of rotatable bonds is 6. The third kappa shape index (κ3) is 3.62. The van der Waals surface area contributed by atoms with Gasteiger partial charge in [0.05, 0.1) is 11.2 Å². The van der Waals surface area contributed by atoms with Crippen molar-refractivity contribution in [3.63, 3.8) is 0 Å². The summed E-state index contributed by atoms with van der Waals surface area (Å²) in [4.78, 5) is 14.6. The molecule has 0 amide bonds. The zero-order chi connectivity index (χ0) is 13.1. The minimum Gasteiger partial charge on any atom is -0.480 e. The molecule has 1 aromatic heterocycles. The molecule has 0 aliphatic carbocycles. The summed E-state index contributed by atoms with van der Waals surface area (Å²) in [6, 6.07) is -1.21. The molecule has 1 unspecified atom stereocenters. The second-order valence-corrected chi connectivity index (χ2v) is 6.41. The zero-order valence-corrected chi connectivity index (χ0v) is 10.7. The van der Waals surface area contributed by atoms with Crippen molar-refractivity contribution in [1.82, 2.24) is 9.71 Å². The van der Waals surface area contributed by atoms with Gasteiger partial charge >= 0.3 is 5.97 Å². The first kappa shape index (κ1) is 13.8. The van der Waals surface area contributed by atoms with Crippen LogP contribution in [0.2, 0.25) is 0 Å². The summed E-state index contributed by atoms with van der Waals surface area (Å²) in [6.45, 7) is 5.05. The van der Waals surface area contributed by atoms with Crippen molar-refractivity contribution in [2.45, 2.75) is 23.6 Å². The average Bonchev–Trinajstić information content (AvgIpc) is 2.64. The van der Waals surface area contributed by atoms with E-state index in [4.69, 9.17) is 5.11 Å². The van der Waals surface area contributed by atoms with E-state index in [1.165, 1.54) is 12.3 Å². The molecular formula is C9H12N2O4S2. The Morgan fingerprint density at radius 2 is 2.41 bits per heavy atom. The predicted molar refractivity (Wildman–Crippen MR) is 63.4 cm³/mol. The van der Waals surface area contributed by atoms with Gasteiger partial charge in [0.1, 0.15) is 6.04 Å². The molecule has 94 valence electrons. The maximum absolute atomic E-state index is 11.8. The van der Waals surface area contributed by atoms with E-state index in [0.717, 1.165) is 11.3 Å². The van der Waals surface area contributed by atoms with Crippen LogP contribution in [0.5, 0.6) is 0 Å². The van der Waals surface area contributed by atoms with Gasteiger partial charge in [-0.1, -0.05) is 6.08 Å². The Morgan fingerprint density at radius 1 is 1.76 bits per heavy atom. The number of hydrogen-bond acceptors (Lipinski definition) is 5. The predicted octanol–water partition coefficient (Wildman–Crippen LogP) is 0.759. The monoisotopic (exact) mass is 276 g/mol. The number of aryl methyl sites for hydroxylation is 1. The van der Waals surface area contributed by atoms with Crippen LogP contribution in [0.4, 0.5) is 0 Å². The van der Waals surface area contributed by atoms with E-state index in [-0.39, 0.29) is 10.6 Å². The first-order chi connectivity index (χ1) is 7.86. The molecule has 0 aliphatic heterocycles. The molecule has 1 atom stereocenters. The van der Waals surface area contributed by atoms with E-state index >= 15 is 0 Å². The highest BCUT2D eigenvalue weighted by molar-refractivity contribution is 7.91. The van der Waals surface area contributed by atoms with Gasteiger partial charge in [0, 0.05) is 0 Å². The number of hydrogen-bond donors (Lipinski definition) is 2. The molecular weight excluding hydrogens is 264 g/mol. The summed E-state index contributed by atoms with van der Waals surface area (Å²) in [5.74, 6) is -1.24. The van der Waals surface area contributed by atoms with Gasteiger partial charge in [-0.2, -0.15) is 4.72 Å². The molecule has 17 heavy (non-hydrogen) atoms. The second-order valence-electron chi connectivity index (χ2n) is 3.23. The van der Waals surface area contributed by atoms with Gasteiger partial charge in [0.2, 0.25) is 0 Å². The van der Waals surface area contributed by atoms with Gasteiger partial charge < -0.3 is 5.11 Å². The summed E-state index contributed by atoms with van der Waals surface area (Å²) < 4.78 is 25.7. The SMILES string of the molecule is C=CCC(NS(=O)(=O)c1cnc(C)s1)C(=O)O. The molecule has 0 radical (unpaired) electrons. The Labute approximate surface area is 103 Å². The van der Waals surface area contributed by atoms with E-state index in [1.54, 1.807) is 6.92 Å². The molecule has 0 aliphatic rings. The van der Waals surface area contributed by atoms with Gasteiger partial charge in [-0.05, 0) is 13.3 Å². The van der Waals surface area contributed by atoms with Crippen LogP contribution in [-0.2, 0) is 14.8 Å². The quantitative estimate of drug-likeness (QED) is 0.748. The van der Waals surface area contributed by atoms with E-state index in [1.807, 2.05) is 0 Å². The minimum atomic E-state index is -3.83. The van der Waals surface area contributed by atoms with Gasteiger partial charge in [-0.15, -0.1) is 17.9 Å². The zero-order valence-electron chi connectivity index (χ0n) is 9.08. The van der Waals surface area contributed by atoms with E-state index in [2.05, 4.69) is 16.3 Å². The summed E-state index contributed by atoms with van der Waals surface area (Å²) in [6.07, 6.45) is 2.57. The molecule has 6 nitrogen and oxygen atoms in total. The summed E-state index contributed by atoms with van der Waals surface area (Å²) in [5.41, 5.74) is 0. The Bertz CT molecular complexity index is 521. The van der Waals surface area contributed by atoms with Crippen LogP contribution in [0.1, 0.15) is 11.4 Å². The second kappa shape index (κ2) is 5.39. The number of aromatic nitrogens is 1. The van der Waals surface area contributed by atoms with Crippen molar-refractivity contribution in [1.29, 1.82) is 0 Å². The van der Waals surface area contributed by atoms with Crippen LogP contribution in [0, 0.1) is 6.92 Å². The lowest BCUT2D eigenvalue weighted by molar-refractivity contribution is -0.138. The normalized spacial score (nSPS) is 13.2. The molecule has 0 spiro atoms. The van der Waals surface area contributed by atoms with Crippen molar-refractivity contribution in [2.24, 2.45) is 0 Å². The molecule has 2 N–H and O–H groups in total. The van der Waals surface area contributed by atoms with Crippen LogP contribution in [0.3, 0.4) is 0 Å². The number of carboxylic acid groups (broad SMARTS) is 1. The number of nitrogens with one attached hydrogen (secondary N) is 1. The lowest BCUT2D eigenvalue weighted by Crippen LogP contribution is -2.40. The maximum atomic E-state index is 11.8. The number of aliphatic carboxylic acids is 1. The molecule has 1 heterocycles. The van der Waals surface area contributed by atoms with Gasteiger partial charge in [0.25, 0.3) is 10.0 Å². The highest BCUT2D eigenvalue weighted by atomic mass is 32.2. The van der Waals surface area contributed by atoms with Crippen molar-refractivity contribution in [3.05, 3.63) is 23.9 Å². The molecule has 0 bridgehead atoms. The first-order valence-corrected chi connectivity index (χ1v) is 6.95. The van der Waals surface area contributed by atoms with Crippen LogP contribution < -0.4 is 4.72 Å². The fourth-order valence-electron chi connectivity index (χ4n) is 1.08. The number of carboxylic acids is 1. The standard InChI is InChI=1S/C9H12N2O4S2/c1-3-4-7(9(12)13)11-17(14,15)8-5-10-6(2)16-8/h3,5,7,11H,1,4H2,2H3,(H,12,13). The molecule has 0 saturated carbocycles. The van der Waals surface area contributed by atoms with Crippen LogP contribution in [0.25, 0.3) is 0 Å². The maximum Gasteiger partial charge on any atom is 0.322 e. The minimum absolute atomic E-state index is 0.00492. The smallest absolute Gasteiger partial charge is 0.322 e. The van der Waals surface area contributed by atoms with E-state index < -0.39 is 22.0 Å². The molecule has 1 aromatic rings. The molecule has 0 aromatic carbocycles. The number of carbonyl (C=O) groups is 1. The molecule has 8 heteroatoms. The van der Waals surface area contributed by atoms with E-state index in [9.17, 15) is 13.2 Å². The first-order valence-electron chi connectivity index (χ1n) is 4.65. The Morgan fingerprint density at radius 3 is 2.82 bits per heavy atom. The Kier molecular flexibility index (Phi) is 4.38.